The largest absolute Gasteiger partial charge is 0.378 e. The van der Waals surface area contributed by atoms with Crippen molar-refractivity contribution in [2.45, 2.75) is 26.3 Å². The average molecular weight is 334 g/mol. The molecule has 130 valence electrons. The molecule has 0 atom stereocenters. The third-order valence-electron chi connectivity index (χ3n) is 3.94. The highest BCUT2D eigenvalue weighted by atomic mass is 16.5. The van der Waals surface area contributed by atoms with Crippen LogP contribution in [0.15, 0.2) is 17.2 Å². The van der Waals surface area contributed by atoms with Crippen LogP contribution in [0.1, 0.15) is 19.8 Å². The lowest BCUT2D eigenvalue weighted by atomic mass is 10.3. The standard InChI is InChI=1S/C15H22N6O3/c1-2-3-4-16-12(22)11-21-15(23)20-6-5-17-13(14(20)18-21)19-7-9-24-10-8-19/h5-6H,2-4,7-11H2,1H3,(H,16,22). The molecule has 0 aliphatic carbocycles. The number of rotatable bonds is 6. The maximum atomic E-state index is 12.4. The molecule has 1 aliphatic rings. The molecule has 1 saturated heterocycles. The monoisotopic (exact) mass is 334 g/mol. The molecule has 1 fully saturated rings. The zero-order chi connectivity index (χ0) is 16.9. The molecule has 0 saturated carbocycles. The Hall–Kier alpha value is -2.42. The maximum absolute atomic E-state index is 12.4. The van der Waals surface area contributed by atoms with Gasteiger partial charge in [0, 0.05) is 32.0 Å². The van der Waals surface area contributed by atoms with E-state index in [4.69, 9.17) is 4.74 Å². The smallest absolute Gasteiger partial charge is 0.350 e. The minimum atomic E-state index is -0.340. The molecular weight excluding hydrogens is 312 g/mol. The summed E-state index contributed by atoms with van der Waals surface area (Å²) < 4.78 is 7.96. The first-order valence-corrected chi connectivity index (χ1v) is 8.24. The number of aromatic nitrogens is 4. The molecule has 1 aliphatic heterocycles. The fraction of sp³-hybridized carbons (Fsp3) is 0.600. The van der Waals surface area contributed by atoms with Crippen LogP contribution in [0.2, 0.25) is 0 Å². The first kappa shape index (κ1) is 16.4. The molecular formula is C15H22N6O3. The summed E-state index contributed by atoms with van der Waals surface area (Å²) >= 11 is 0. The van der Waals surface area contributed by atoms with E-state index in [0.717, 1.165) is 12.8 Å². The summed E-state index contributed by atoms with van der Waals surface area (Å²) in [7, 11) is 0. The van der Waals surface area contributed by atoms with Gasteiger partial charge in [0.1, 0.15) is 6.54 Å². The van der Waals surface area contributed by atoms with Gasteiger partial charge in [-0.3, -0.25) is 4.79 Å². The number of nitrogens with one attached hydrogen (secondary N) is 1. The van der Waals surface area contributed by atoms with Crippen LogP contribution in [0.5, 0.6) is 0 Å². The number of anilines is 1. The van der Waals surface area contributed by atoms with Crippen molar-refractivity contribution in [1.29, 1.82) is 0 Å². The van der Waals surface area contributed by atoms with Gasteiger partial charge in [-0.2, -0.15) is 0 Å². The molecule has 0 radical (unpaired) electrons. The summed E-state index contributed by atoms with van der Waals surface area (Å²) in [5.41, 5.74) is 0.123. The number of carbonyl (C=O) groups excluding carboxylic acids is 1. The number of morpholine rings is 1. The van der Waals surface area contributed by atoms with E-state index in [1.165, 1.54) is 9.08 Å². The second-order valence-corrected chi connectivity index (χ2v) is 5.69. The molecule has 3 rings (SSSR count). The molecule has 0 bridgehead atoms. The SMILES string of the molecule is CCCCNC(=O)Cn1nc2c(N3CCOCC3)nccn2c1=O. The number of fused-ring (bicyclic) bond motifs is 1. The van der Waals surface area contributed by atoms with E-state index in [0.29, 0.717) is 44.3 Å². The molecule has 1 N–H and O–H groups in total. The second kappa shape index (κ2) is 7.43. The Morgan fingerprint density at radius 2 is 2.17 bits per heavy atom. The van der Waals surface area contributed by atoms with Gasteiger partial charge in [0.25, 0.3) is 0 Å². The van der Waals surface area contributed by atoms with Gasteiger partial charge in [-0.1, -0.05) is 13.3 Å². The zero-order valence-corrected chi connectivity index (χ0v) is 13.8. The minimum Gasteiger partial charge on any atom is -0.378 e. The molecule has 0 unspecified atom stereocenters. The number of carbonyl (C=O) groups is 1. The Morgan fingerprint density at radius 1 is 1.38 bits per heavy atom. The van der Waals surface area contributed by atoms with Gasteiger partial charge in [-0.15, -0.1) is 5.10 Å². The van der Waals surface area contributed by atoms with Crippen molar-refractivity contribution in [3.63, 3.8) is 0 Å². The first-order chi connectivity index (χ1) is 11.7. The minimum absolute atomic E-state index is 0.0905. The summed E-state index contributed by atoms with van der Waals surface area (Å²) in [4.78, 5) is 30.8. The van der Waals surface area contributed by atoms with Crippen LogP contribution in [0.3, 0.4) is 0 Å². The number of nitrogens with zero attached hydrogens (tertiary/aromatic N) is 5. The van der Waals surface area contributed by atoms with E-state index in [2.05, 4.69) is 22.3 Å². The normalized spacial score (nSPS) is 15.0. The van der Waals surface area contributed by atoms with Gasteiger partial charge < -0.3 is 15.0 Å². The van der Waals surface area contributed by atoms with Crippen LogP contribution in [-0.4, -0.2) is 57.9 Å². The summed E-state index contributed by atoms with van der Waals surface area (Å²) in [6.07, 6.45) is 5.06. The fourth-order valence-electron chi connectivity index (χ4n) is 2.63. The van der Waals surface area contributed by atoms with E-state index in [9.17, 15) is 9.59 Å². The summed E-state index contributed by atoms with van der Waals surface area (Å²) in [6.45, 7) is 5.21. The lowest BCUT2D eigenvalue weighted by Crippen LogP contribution is -2.37. The molecule has 3 heterocycles. The van der Waals surface area contributed by atoms with E-state index >= 15 is 0 Å². The van der Waals surface area contributed by atoms with Crippen molar-refractivity contribution in [2.24, 2.45) is 0 Å². The van der Waals surface area contributed by atoms with E-state index in [1.54, 1.807) is 12.4 Å². The second-order valence-electron chi connectivity index (χ2n) is 5.69. The molecule has 0 aromatic carbocycles. The van der Waals surface area contributed by atoms with Gasteiger partial charge in [-0.05, 0) is 6.42 Å². The van der Waals surface area contributed by atoms with Crippen LogP contribution in [-0.2, 0) is 16.1 Å². The third kappa shape index (κ3) is 3.40. The highest BCUT2D eigenvalue weighted by Gasteiger charge is 2.19. The topological polar surface area (TPSA) is 93.8 Å². The molecule has 2 aromatic rings. The van der Waals surface area contributed by atoms with Gasteiger partial charge in [-0.25, -0.2) is 18.9 Å². The molecule has 0 spiro atoms. The Bertz CT molecular complexity index is 762. The molecule has 1 amide bonds. The van der Waals surface area contributed by atoms with Gasteiger partial charge in [0.15, 0.2) is 5.82 Å². The highest BCUT2D eigenvalue weighted by Crippen LogP contribution is 2.16. The molecule has 9 heteroatoms. The van der Waals surface area contributed by atoms with Crippen molar-refractivity contribution in [2.75, 3.05) is 37.7 Å². The van der Waals surface area contributed by atoms with Crippen LogP contribution in [0, 0.1) is 0 Å². The van der Waals surface area contributed by atoms with Crippen molar-refractivity contribution < 1.29 is 9.53 Å². The van der Waals surface area contributed by atoms with Crippen LogP contribution in [0.25, 0.3) is 5.65 Å². The highest BCUT2D eigenvalue weighted by molar-refractivity contribution is 5.75. The van der Waals surface area contributed by atoms with E-state index in [-0.39, 0.29) is 18.1 Å². The molecule has 24 heavy (non-hydrogen) atoms. The van der Waals surface area contributed by atoms with Crippen LogP contribution >= 0.6 is 0 Å². The maximum Gasteiger partial charge on any atom is 0.350 e. The lowest BCUT2D eigenvalue weighted by molar-refractivity contribution is -0.121. The Balaban J connectivity index is 1.84. The number of hydrogen-bond acceptors (Lipinski definition) is 6. The quantitative estimate of drug-likeness (QED) is 0.726. The predicted molar refractivity (Wildman–Crippen MR) is 88.2 cm³/mol. The van der Waals surface area contributed by atoms with Gasteiger partial charge >= 0.3 is 5.69 Å². The average Bonchev–Trinajstić information content (AvgIpc) is 2.92. The Kier molecular flexibility index (Phi) is 5.09. The van der Waals surface area contributed by atoms with Crippen molar-refractivity contribution in [3.8, 4) is 0 Å². The Morgan fingerprint density at radius 3 is 2.92 bits per heavy atom. The number of unbranched alkanes of at least 4 members (excludes halogenated alkanes) is 1. The summed E-state index contributed by atoms with van der Waals surface area (Å²) in [6, 6.07) is 0. The van der Waals surface area contributed by atoms with Crippen LogP contribution in [0.4, 0.5) is 5.82 Å². The number of amides is 1. The third-order valence-corrected chi connectivity index (χ3v) is 3.94. The van der Waals surface area contributed by atoms with E-state index < -0.39 is 0 Å². The summed E-state index contributed by atoms with van der Waals surface area (Å²) in [5.74, 6) is 0.429. The van der Waals surface area contributed by atoms with Gasteiger partial charge in [0.2, 0.25) is 11.6 Å². The zero-order valence-electron chi connectivity index (χ0n) is 13.8. The first-order valence-electron chi connectivity index (χ1n) is 8.24. The molecule has 9 nitrogen and oxygen atoms in total. The number of hydrogen-bond donors (Lipinski definition) is 1. The fourth-order valence-corrected chi connectivity index (χ4v) is 2.63. The summed E-state index contributed by atoms with van der Waals surface area (Å²) in [5, 5.41) is 7.11. The number of ether oxygens (including phenoxy) is 1. The lowest BCUT2D eigenvalue weighted by Gasteiger charge is -2.27. The van der Waals surface area contributed by atoms with Crippen LogP contribution < -0.4 is 15.9 Å². The van der Waals surface area contributed by atoms with E-state index in [1.807, 2.05) is 4.90 Å². The van der Waals surface area contributed by atoms with Gasteiger partial charge in [0.05, 0.1) is 13.2 Å². The Labute approximate surface area is 139 Å². The van der Waals surface area contributed by atoms with Crippen molar-refractivity contribution >= 4 is 17.4 Å². The van der Waals surface area contributed by atoms with Crippen molar-refractivity contribution in [1.82, 2.24) is 24.5 Å². The predicted octanol–water partition coefficient (Wildman–Crippen LogP) is -0.356. The molecule has 2 aromatic heterocycles. The van der Waals surface area contributed by atoms with Crippen molar-refractivity contribution in [3.05, 3.63) is 22.9 Å².